The van der Waals surface area contributed by atoms with Gasteiger partial charge in [-0.1, -0.05) is 66.2 Å². The Balaban J connectivity index is 1.92. The second kappa shape index (κ2) is 8.10. The number of halogens is 3. The van der Waals surface area contributed by atoms with E-state index in [1.807, 2.05) is 0 Å². The molecule has 2 heterocycles. The van der Waals surface area contributed by atoms with Crippen LogP contribution in [0, 0.1) is 5.92 Å². The van der Waals surface area contributed by atoms with E-state index in [1.165, 1.54) is 25.3 Å². The van der Waals surface area contributed by atoms with Crippen LogP contribution in [0.5, 0.6) is 11.6 Å². The number of ether oxygens (including phenoxy) is 2. The zero-order chi connectivity index (χ0) is 26.0. The van der Waals surface area contributed by atoms with Gasteiger partial charge in [0.15, 0.2) is 11.2 Å². The molecule has 1 saturated carbocycles. The molecule has 4 atom stereocenters. The largest absolute Gasteiger partial charge is 0.481 e. The van der Waals surface area contributed by atoms with Gasteiger partial charge in [-0.2, -0.15) is 0 Å². The highest BCUT2D eigenvalue weighted by atomic mass is 35.5. The second-order valence-corrected chi connectivity index (χ2v) is 9.12. The summed E-state index contributed by atoms with van der Waals surface area (Å²) in [7, 11) is 1.18. The van der Waals surface area contributed by atoms with E-state index in [0.29, 0.717) is 0 Å². The summed E-state index contributed by atoms with van der Waals surface area (Å²) in [6, 6.07) is 13.7. The lowest BCUT2D eigenvalue weighted by Gasteiger charge is -2.49. The maximum atomic E-state index is 13.3. The van der Waals surface area contributed by atoms with E-state index in [9.17, 15) is 34.0 Å². The maximum Gasteiger partial charge on any atom is 0.310 e. The first-order chi connectivity index (χ1) is 17.0. The van der Waals surface area contributed by atoms with Crippen molar-refractivity contribution in [3.63, 3.8) is 0 Å². The molecule has 5 rings (SSSR count). The number of nitrogens with zero attached hydrogens (tertiary/aromatic N) is 1. The van der Waals surface area contributed by atoms with Crippen LogP contribution in [0.15, 0.2) is 60.7 Å². The lowest BCUT2D eigenvalue weighted by atomic mass is 9.74. The molecule has 188 valence electrons. The van der Waals surface area contributed by atoms with Crippen molar-refractivity contribution >= 4 is 17.6 Å². The molecule has 0 radical (unpaired) electrons. The molecule has 2 bridgehead atoms. The summed E-state index contributed by atoms with van der Waals surface area (Å²) >= 11 is 6.11. The lowest BCUT2D eigenvalue weighted by molar-refractivity contribution is -0.341. The number of rotatable bonds is 5. The molecule has 4 N–H and O–H groups in total. The monoisotopic (exact) mass is 519 g/mol. The van der Waals surface area contributed by atoms with Crippen molar-refractivity contribution in [1.29, 1.82) is 0 Å². The lowest BCUT2D eigenvalue weighted by Crippen LogP contribution is -2.65. The van der Waals surface area contributed by atoms with Gasteiger partial charge in [0.1, 0.15) is 16.8 Å². The van der Waals surface area contributed by atoms with Crippen LogP contribution in [0.2, 0.25) is 5.15 Å². The van der Waals surface area contributed by atoms with Crippen LogP contribution in [-0.4, -0.2) is 44.3 Å². The number of aliphatic hydroxyl groups is 3. The van der Waals surface area contributed by atoms with Crippen LogP contribution >= 0.6 is 11.6 Å². The first-order valence-corrected chi connectivity index (χ1v) is 11.2. The predicted molar refractivity (Wildman–Crippen MR) is 121 cm³/mol. The number of hydrogen-bond acceptors (Lipinski definition) is 7. The molecule has 1 fully saturated rings. The molecule has 3 aromatic rings. The number of methoxy groups -OCH3 is 1. The van der Waals surface area contributed by atoms with Crippen LogP contribution in [0.3, 0.4) is 0 Å². The van der Waals surface area contributed by atoms with Gasteiger partial charge < -0.3 is 29.9 Å². The Hall–Kier alpha value is -3.31. The van der Waals surface area contributed by atoms with E-state index >= 15 is 0 Å². The summed E-state index contributed by atoms with van der Waals surface area (Å²) in [6.45, 7) is 0. The highest BCUT2D eigenvalue weighted by Crippen LogP contribution is 2.71. The summed E-state index contributed by atoms with van der Waals surface area (Å²) in [4.78, 5) is 16.7. The summed E-state index contributed by atoms with van der Waals surface area (Å²) < 4.78 is 38.0. The number of alkyl halides is 2. The molecule has 8 nitrogen and oxygen atoms in total. The van der Waals surface area contributed by atoms with E-state index in [1.54, 1.807) is 30.3 Å². The molecule has 1 aliphatic heterocycles. The van der Waals surface area contributed by atoms with Gasteiger partial charge in [-0.25, -0.2) is 13.8 Å². The molecule has 0 spiro atoms. The predicted octanol–water partition coefficient (Wildman–Crippen LogP) is 3.34. The van der Waals surface area contributed by atoms with Crippen molar-refractivity contribution in [3.8, 4) is 11.6 Å². The Kier molecular flexibility index (Phi) is 5.49. The van der Waals surface area contributed by atoms with Crippen LogP contribution in [0.25, 0.3) is 0 Å². The number of hydrogen-bond donors (Lipinski definition) is 4. The molecule has 1 aromatic heterocycles. The number of carbonyl (C=O) groups is 1. The van der Waals surface area contributed by atoms with Crippen molar-refractivity contribution in [3.05, 3.63) is 88.1 Å². The number of fused-ring (bicyclic) bond motifs is 4. The molecule has 36 heavy (non-hydrogen) atoms. The minimum atomic E-state index is -3.31. The Morgan fingerprint density at radius 2 is 1.75 bits per heavy atom. The molecule has 11 heteroatoms. The fourth-order valence-corrected chi connectivity index (χ4v) is 5.78. The summed E-state index contributed by atoms with van der Waals surface area (Å²) in [6.07, 6.45) is -2.80. The third-order valence-corrected chi connectivity index (χ3v) is 7.24. The average Bonchev–Trinajstić information content (AvgIpc) is 2.92. The van der Waals surface area contributed by atoms with Gasteiger partial charge in [0, 0.05) is 17.2 Å². The van der Waals surface area contributed by atoms with E-state index in [-0.39, 0.29) is 33.5 Å². The van der Waals surface area contributed by atoms with Gasteiger partial charge in [-0.05, 0) is 5.56 Å². The fraction of sp³-hybridized carbons (Fsp3) is 0.280. The number of pyridine rings is 1. The van der Waals surface area contributed by atoms with E-state index in [0.717, 1.165) is 12.1 Å². The summed E-state index contributed by atoms with van der Waals surface area (Å²) in [5.41, 5.74) is -5.83. The Morgan fingerprint density at radius 1 is 1.11 bits per heavy atom. The first-order valence-electron chi connectivity index (χ1n) is 10.8. The molecular weight excluding hydrogens is 500 g/mol. The van der Waals surface area contributed by atoms with Crippen molar-refractivity contribution in [1.82, 2.24) is 4.98 Å². The first kappa shape index (κ1) is 24.4. The van der Waals surface area contributed by atoms with E-state index in [2.05, 4.69) is 4.98 Å². The van der Waals surface area contributed by atoms with Crippen molar-refractivity contribution in [2.24, 2.45) is 5.92 Å². The standard InChI is InChI=1S/C25H20ClF2NO7/c1-35-21-18-15(11-16(26)29-21)36-24(14-9-7-13(8-10-14)20(27)28)17(12-5-3-2-4-6-12)19(22(30)31)23(18,32)25(24,33)34/h2-11,17,19-20,32-34H,1H3,(H,30,31)/t17-,19-,23+,24?/m1/s1. The number of aliphatic carboxylic acids is 1. The number of aromatic nitrogens is 1. The maximum absolute atomic E-state index is 13.3. The van der Waals surface area contributed by atoms with Crippen LogP contribution in [0.4, 0.5) is 8.78 Å². The minimum Gasteiger partial charge on any atom is -0.481 e. The normalized spacial score (nSPS) is 27.9. The quantitative estimate of drug-likeness (QED) is 0.298. The van der Waals surface area contributed by atoms with Gasteiger partial charge in [-0.3, -0.25) is 4.79 Å². The van der Waals surface area contributed by atoms with Gasteiger partial charge in [0.05, 0.1) is 18.6 Å². The zero-order valence-corrected chi connectivity index (χ0v) is 19.4. The SMILES string of the molecule is COc1nc(Cl)cc2c1[C@]1(O)[C@@H](C(=O)O)[C@@H](c3ccccc3)C(c3ccc(C(F)F)cc3)(O2)C1(O)O. The molecule has 2 aromatic carbocycles. The number of carboxylic acids is 1. The Bertz CT molecular complexity index is 1340. The van der Waals surface area contributed by atoms with Crippen molar-refractivity contribution in [2.75, 3.05) is 7.11 Å². The van der Waals surface area contributed by atoms with Crippen LogP contribution in [0.1, 0.15) is 34.6 Å². The minimum absolute atomic E-state index is 0.0505. The molecular formula is C25H20ClF2NO7. The highest BCUT2D eigenvalue weighted by Gasteiger charge is 2.84. The third kappa shape index (κ3) is 2.95. The molecule has 1 unspecified atom stereocenters. The third-order valence-electron chi connectivity index (χ3n) is 7.05. The summed E-state index contributed by atoms with van der Waals surface area (Å²) in [5, 5.41) is 45.9. The zero-order valence-electron chi connectivity index (χ0n) is 18.6. The van der Waals surface area contributed by atoms with E-state index < -0.39 is 46.8 Å². The van der Waals surface area contributed by atoms with Crippen LogP contribution in [-0.2, 0) is 16.0 Å². The van der Waals surface area contributed by atoms with Gasteiger partial charge in [-0.15, -0.1) is 0 Å². The fourth-order valence-electron chi connectivity index (χ4n) is 5.61. The number of benzene rings is 2. The smallest absolute Gasteiger partial charge is 0.310 e. The second-order valence-electron chi connectivity index (χ2n) is 8.73. The topological polar surface area (TPSA) is 129 Å². The molecule has 2 aliphatic rings. The Labute approximate surface area is 208 Å². The van der Waals surface area contributed by atoms with Gasteiger partial charge >= 0.3 is 5.97 Å². The van der Waals surface area contributed by atoms with E-state index in [4.69, 9.17) is 21.1 Å². The van der Waals surface area contributed by atoms with Gasteiger partial charge in [0.2, 0.25) is 11.7 Å². The van der Waals surface area contributed by atoms with Gasteiger partial charge in [0.25, 0.3) is 6.43 Å². The van der Waals surface area contributed by atoms with Crippen molar-refractivity contribution in [2.45, 2.75) is 29.3 Å². The molecule has 1 aliphatic carbocycles. The average molecular weight is 520 g/mol. The Morgan fingerprint density at radius 3 is 2.31 bits per heavy atom. The highest BCUT2D eigenvalue weighted by molar-refractivity contribution is 6.29. The molecule has 0 saturated heterocycles. The molecule has 0 amide bonds. The number of carboxylic acid groups (broad SMARTS) is 1. The van der Waals surface area contributed by atoms with Crippen LogP contribution < -0.4 is 9.47 Å². The van der Waals surface area contributed by atoms with Crippen molar-refractivity contribution < 1.29 is 43.5 Å². The summed E-state index contributed by atoms with van der Waals surface area (Å²) in [5.74, 6) is -8.79.